The average Bonchev–Trinajstić information content (AvgIpc) is 2.60. The van der Waals surface area contributed by atoms with Crippen molar-refractivity contribution in [3.05, 3.63) is 40.5 Å². The van der Waals surface area contributed by atoms with Crippen molar-refractivity contribution in [1.82, 2.24) is 4.98 Å². The first kappa shape index (κ1) is 18.9. The fourth-order valence-electron chi connectivity index (χ4n) is 2.48. The lowest BCUT2D eigenvalue weighted by molar-refractivity contribution is 0.373. The number of nitrogens with one attached hydrogen (secondary N) is 1. The fourth-order valence-corrected chi connectivity index (χ4v) is 2.65. The number of aromatic nitrogens is 1. The van der Waals surface area contributed by atoms with Crippen molar-refractivity contribution >= 4 is 17.3 Å². The lowest BCUT2D eigenvalue weighted by Gasteiger charge is -2.19. The van der Waals surface area contributed by atoms with Crippen molar-refractivity contribution in [2.45, 2.75) is 39.7 Å². The van der Waals surface area contributed by atoms with Crippen LogP contribution in [0.1, 0.15) is 37.9 Å². The zero-order valence-electron chi connectivity index (χ0n) is 14.9. The number of hydrogen-bond donors (Lipinski definition) is 1. The molecule has 0 radical (unpaired) electrons. The third-order valence-electron chi connectivity index (χ3n) is 3.90. The monoisotopic (exact) mass is 359 g/mol. The Hall–Kier alpha value is -2.45. The first-order valence-corrected chi connectivity index (χ1v) is 8.59. The van der Waals surface area contributed by atoms with E-state index in [2.05, 4.69) is 30.2 Å². The Bertz CT molecular complexity index is 783. The van der Waals surface area contributed by atoms with Crippen LogP contribution in [0.15, 0.2) is 24.3 Å². The highest BCUT2D eigenvalue weighted by Crippen LogP contribution is 2.36. The lowest BCUT2D eigenvalue weighted by Crippen LogP contribution is -2.18. The third kappa shape index (κ3) is 4.55. The summed E-state index contributed by atoms with van der Waals surface area (Å²) in [6.45, 7) is 6.08. The molecule has 0 fully saturated rings. The predicted octanol–water partition coefficient (Wildman–Crippen LogP) is 5.32. The molecule has 0 unspecified atom stereocenters. The Morgan fingerprint density at radius 3 is 2.56 bits per heavy atom. The number of halogens is 1. The second-order valence-corrected chi connectivity index (χ2v) is 6.09. The van der Waals surface area contributed by atoms with E-state index in [-0.39, 0.29) is 11.9 Å². The molecule has 0 spiro atoms. The summed E-state index contributed by atoms with van der Waals surface area (Å²) in [5.41, 5.74) is 1.86. The van der Waals surface area contributed by atoms with Gasteiger partial charge in [-0.1, -0.05) is 25.4 Å². The summed E-state index contributed by atoms with van der Waals surface area (Å²) >= 11 is 5.98. The van der Waals surface area contributed by atoms with Crippen molar-refractivity contribution in [3.8, 4) is 23.4 Å². The highest BCUT2D eigenvalue weighted by molar-refractivity contribution is 6.30. The topological polar surface area (TPSA) is 67.2 Å². The van der Waals surface area contributed by atoms with Gasteiger partial charge in [-0.05, 0) is 38.0 Å². The first-order chi connectivity index (χ1) is 12.0. The maximum absolute atomic E-state index is 9.63. The van der Waals surface area contributed by atoms with Crippen LogP contribution in [-0.2, 0) is 0 Å². The number of benzene rings is 1. The molecule has 2 aromatic rings. The highest BCUT2D eigenvalue weighted by Gasteiger charge is 2.17. The van der Waals surface area contributed by atoms with Gasteiger partial charge in [0.15, 0.2) is 11.5 Å². The normalized spacial score (nSPS) is 10.4. The third-order valence-corrected chi connectivity index (χ3v) is 4.14. The lowest BCUT2D eigenvalue weighted by atomic mass is 10.1. The predicted molar refractivity (Wildman–Crippen MR) is 99.8 cm³/mol. The second kappa shape index (κ2) is 8.59. The van der Waals surface area contributed by atoms with Gasteiger partial charge in [0.2, 0.25) is 5.88 Å². The fraction of sp³-hybridized carbons (Fsp3) is 0.368. The minimum absolute atomic E-state index is 0.247. The molecule has 6 heteroatoms. The van der Waals surface area contributed by atoms with Gasteiger partial charge in [-0.25, -0.2) is 4.98 Å². The van der Waals surface area contributed by atoms with Crippen molar-refractivity contribution in [1.29, 1.82) is 5.26 Å². The van der Waals surface area contributed by atoms with Crippen LogP contribution < -0.4 is 14.8 Å². The van der Waals surface area contributed by atoms with E-state index in [0.29, 0.717) is 22.1 Å². The minimum Gasteiger partial charge on any atom is -0.493 e. The number of anilines is 1. The first-order valence-electron chi connectivity index (χ1n) is 8.22. The van der Waals surface area contributed by atoms with Gasteiger partial charge >= 0.3 is 0 Å². The number of ether oxygens (including phenoxy) is 2. The Balaban J connectivity index is 2.44. The number of aryl methyl sites for hydroxylation is 1. The number of hydrogen-bond acceptors (Lipinski definition) is 5. The van der Waals surface area contributed by atoms with Crippen LogP contribution >= 0.6 is 11.6 Å². The van der Waals surface area contributed by atoms with E-state index in [4.69, 9.17) is 21.1 Å². The molecule has 1 heterocycles. The molecule has 25 heavy (non-hydrogen) atoms. The van der Waals surface area contributed by atoms with Gasteiger partial charge in [0, 0.05) is 22.8 Å². The van der Waals surface area contributed by atoms with Gasteiger partial charge in [-0.3, -0.25) is 0 Å². The molecule has 0 amide bonds. The standard InChI is InChI=1S/C19H22ClN3O2/c1-5-14(6-2)23-16-9-12(3)22-19(15(16)11-21)25-17-8-7-13(20)10-18(17)24-4/h7-10,14H,5-6H2,1-4H3,(H,22,23). The maximum atomic E-state index is 9.63. The molecule has 0 bridgehead atoms. The van der Waals surface area contributed by atoms with Crippen LogP contribution in [-0.4, -0.2) is 18.1 Å². The van der Waals surface area contributed by atoms with E-state index in [9.17, 15) is 5.26 Å². The van der Waals surface area contributed by atoms with Crippen LogP contribution in [0.25, 0.3) is 0 Å². The van der Waals surface area contributed by atoms with Gasteiger partial charge in [0.05, 0.1) is 12.8 Å². The van der Waals surface area contributed by atoms with E-state index < -0.39 is 0 Å². The number of pyridine rings is 1. The van der Waals surface area contributed by atoms with Gasteiger partial charge < -0.3 is 14.8 Å². The van der Waals surface area contributed by atoms with Crippen LogP contribution in [0, 0.1) is 18.3 Å². The quantitative estimate of drug-likeness (QED) is 0.724. The van der Waals surface area contributed by atoms with E-state index in [1.54, 1.807) is 18.2 Å². The van der Waals surface area contributed by atoms with Gasteiger partial charge in [-0.15, -0.1) is 0 Å². The number of rotatable bonds is 7. The largest absolute Gasteiger partial charge is 0.493 e. The summed E-state index contributed by atoms with van der Waals surface area (Å²) in [5, 5.41) is 13.6. The van der Waals surface area contributed by atoms with Crippen molar-refractivity contribution < 1.29 is 9.47 Å². The second-order valence-electron chi connectivity index (χ2n) is 5.66. The van der Waals surface area contributed by atoms with Crippen LogP contribution in [0.2, 0.25) is 5.02 Å². The molecule has 1 aromatic heterocycles. The Labute approximate surface area is 153 Å². The van der Waals surface area contributed by atoms with Crippen LogP contribution in [0.3, 0.4) is 0 Å². The number of nitrogens with zero attached hydrogens (tertiary/aromatic N) is 2. The molecule has 1 aromatic carbocycles. The van der Waals surface area contributed by atoms with E-state index in [1.807, 2.05) is 13.0 Å². The molecule has 0 saturated heterocycles. The van der Waals surface area contributed by atoms with Gasteiger partial charge in [-0.2, -0.15) is 5.26 Å². The highest BCUT2D eigenvalue weighted by atomic mass is 35.5. The Morgan fingerprint density at radius 2 is 1.96 bits per heavy atom. The molecule has 0 aliphatic heterocycles. The van der Waals surface area contributed by atoms with Gasteiger partial charge in [0.1, 0.15) is 11.6 Å². The van der Waals surface area contributed by atoms with Crippen LogP contribution in [0.5, 0.6) is 17.4 Å². The molecule has 0 saturated carbocycles. The molecule has 5 nitrogen and oxygen atoms in total. The number of nitriles is 1. The summed E-state index contributed by atoms with van der Waals surface area (Å²) in [7, 11) is 1.54. The molecule has 0 atom stereocenters. The van der Waals surface area contributed by atoms with E-state index >= 15 is 0 Å². The summed E-state index contributed by atoms with van der Waals surface area (Å²) in [5.74, 6) is 1.18. The molecule has 0 aliphatic rings. The van der Waals surface area contributed by atoms with E-state index in [0.717, 1.165) is 24.2 Å². The molecular formula is C19H22ClN3O2. The van der Waals surface area contributed by atoms with Gasteiger partial charge in [0.25, 0.3) is 0 Å². The van der Waals surface area contributed by atoms with Crippen molar-refractivity contribution in [2.75, 3.05) is 12.4 Å². The molecule has 2 rings (SSSR count). The summed E-state index contributed by atoms with van der Waals surface area (Å²) in [6.07, 6.45) is 1.92. The molecule has 0 aliphatic carbocycles. The molecule has 1 N–H and O–H groups in total. The summed E-state index contributed by atoms with van der Waals surface area (Å²) < 4.78 is 11.2. The maximum Gasteiger partial charge on any atom is 0.239 e. The zero-order valence-corrected chi connectivity index (χ0v) is 15.6. The van der Waals surface area contributed by atoms with Crippen molar-refractivity contribution in [2.24, 2.45) is 0 Å². The Morgan fingerprint density at radius 1 is 1.24 bits per heavy atom. The van der Waals surface area contributed by atoms with Crippen molar-refractivity contribution in [3.63, 3.8) is 0 Å². The zero-order chi connectivity index (χ0) is 18.4. The minimum atomic E-state index is 0.247. The molecule has 132 valence electrons. The smallest absolute Gasteiger partial charge is 0.239 e. The summed E-state index contributed by atoms with van der Waals surface area (Å²) in [6, 6.07) is 9.39. The van der Waals surface area contributed by atoms with E-state index in [1.165, 1.54) is 7.11 Å². The SMILES string of the molecule is CCC(CC)Nc1cc(C)nc(Oc2ccc(Cl)cc2OC)c1C#N. The number of methoxy groups -OCH3 is 1. The average molecular weight is 360 g/mol. The summed E-state index contributed by atoms with van der Waals surface area (Å²) in [4.78, 5) is 4.38. The van der Waals surface area contributed by atoms with Crippen LogP contribution in [0.4, 0.5) is 5.69 Å². The Kier molecular flexibility index (Phi) is 6.49. The molecular weight excluding hydrogens is 338 g/mol.